The molecule has 4 nitrogen and oxygen atoms in total. The highest BCUT2D eigenvalue weighted by atomic mass is 35.5. The number of rotatable bonds is 2. The quantitative estimate of drug-likeness (QED) is 0.892. The molecule has 20 heavy (non-hydrogen) atoms. The number of nitrogens with two attached hydrogens (primary N) is 1. The standard InChI is InChI=1S/C15H18ClN3O/c1-9(17)12-7-10-3-2-4-13(16)14(10)18-15(12)19-6-5-11(20)8-19/h2-4,7,9,11,20H,5-6,8,17H2,1H3/t9-,11?/m0/s1. The number of hydrogen-bond donors (Lipinski definition) is 2. The Labute approximate surface area is 123 Å². The summed E-state index contributed by atoms with van der Waals surface area (Å²) in [7, 11) is 0. The van der Waals surface area contributed by atoms with Crippen LogP contribution in [0.1, 0.15) is 24.9 Å². The number of aromatic nitrogens is 1. The van der Waals surface area contributed by atoms with Crippen LogP contribution in [0.5, 0.6) is 0 Å². The Morgan fingerprint density at radius 2 is 2.30 bits per heavy atom. The van der Waals surface area contributed by atoms with Crippen molar-refractivity contribution in [3.63, 3.8) is 0 Å². The molecule has 1 unspecified atom stereocenters. The molecule has 1 aromatic carbocycles. The summed E-state index contributed by atoms with van der Waals surface area (Å²) < 4.78 is 0. The van der Waals surface area contributed by atoms with Crippen LogP contribution in [0, 0.1) is 0 Å². The van der Waals surface area contributed by atoms with Crippen molar-refractivity contribution in [1.82, 2.24) is 4.98 Å². The van der Waals surface area contributed by atoms with Gasteiger partial charge in [-0.1, -0.05) is 23.7 Å². The molecule has 1 aromatic heterocycles. The predicted molar refractivity (Wildman–Crippen MR) is 82.2 cm³/mol. The predicted octanol–water partition coefficient (Wildman–Crippen LogP) is 2.48. The van der Waals surface area contributed by atoms with E-state index in [2.05, 4.69) is 11.0 Å². The third-order valence-electron chi connectivity index (χ3n) is 3.76. The van der Waals surface area contributed by atoms with E-state index in [-0.39, 0.29) is 12.1 Å². The van der Waals surface area contributed by atoms with E-state index >= 15 is 0 Å². The lowest BCUT2D eigenvalue weighted by atomic mass is 10.1. The summed E-state index contributed by atoms with van der Waals surface area (Å²) in [6, 6.07) is 7.68. The number of para-hydroxylation sites is 1. The normalized spacial score (nSPS) is 20.6. The Hall–Kier alpha value is -1.36. The summed E-state index contributed by atoms with van der Waals surface area (Å²) in [5.74, 6) is 0.845. The molecule has 106 valence electrons. The third-order valence-corrected chi connectivity index (χ3v) is 4.06. The minimum atomic E-state index is -0.292. The molecule has 0 aliphatic carbocycles. The lowest BCUT2D eigenvalue weighted by Gasteiger charge is -2.22. The molecule has 0 amide bonds. The van der Waals surface area contributed by atoms with Crippen molar-refractivity contribution in [2.75, 3.05) is 18.0 Å². The van der Waals surface area contributed by atoms with Crippen molar-refractivity contribution in [1.29, 1.82) is 0 Å². The van der Waals surface area contributed by atoms with E-state index in [4.69, 9.17) is 22.3 Å². The Morgan fingerprint density at radius 3 is 2.95 bits per heavy atom. The average molecular weight is 292 g/mol. The van der Waals surface area contributed by atoms with Crippen LogP contribution in [0.2, 0.25) is 5.02 Å². The minimum absolute atomic E-state index is 0.112. The van der Waals surface area contributed by atoms with Gasteiger partial charge in [-0.05, 0) is 25.5 Å². The second-order valence-electron chi connectivity index (χ2n) is 5.39. The van der Waals surface area contributed by atoms with Gasteiger partial charge >= 0.3 is 0 Å². The first-order valence-corrected chi connectivity index (χ1v) is 7.22. The number of anilines is 1. The fraction of sp³-hybridized carbons (Fsp3) is 0.400. The molecule has 1 saturated heterocycles. The van der Waals surface area contributed by atoms with Gasteiger partial charge in [0.05, 0.1) is 16.6 Å². The van der Waals surface area contributed by atoms with Crippen molar-refractivity contribution in [3.05, 3.63) is 34.9 Å². The fourth-order valence-electron chi connectivity index (χ4n) is 2.69. The van der Waals surface area contributed by atoms with E-state index < -0.39 is 0 Å². The molecule has 0 bridgehead atoms. The molecule has 2 atom stereocenters. The van der Waals surface area contributed by atoms with Crippen LogP contribution in [0.25, 0.3) is 10.9 Å². The van der Waals surface area contributed by atoms with Crippen LogP contribution in [-0.2, 0) is 0 Å². The summed E-state index contributed by atoms with van der Waals surface area (Å²) in [5.41, 5.74) is 7.87. The van der Waals surface area contributed by atoms with Gasteiger partial charge in [0.15, 0.2) is 0 Å². The molecule has 0 spiro atoms. The maximum Gasteiger partial charge on any atom is 0.134 e. The monoisotopic (exact) mass is 291 g/mol. The number of β-amino-alcohol motifs (C(OH)–C–C–N with tert-alkyl or cyclic N) is 1. The summed E-state index contributed by atoms with van der Waals surface area (Å²) in [4.78, 5) is 6.80. The van der Waals surface area contributed by atoms with Crippen molar-refractivity contribution >= 4 is 28.3 Å². The molecule has 0 saturated carbocycles. The zero-order chi connectivity index (χ0) is 14.3. The Balaban J connectivity index is 2.17. The van der Waals surface area contributed by atoms with Crippen molar-refractivity contribution in [3.8, 4) is 0 Å². The smallest absolute Gasteiger partial charge is 0.134 e. The average Bonchev–Trinajstić information content (AvgIpc) is 2.84. The van der Waals surface area contributed by atoms with Gasteiger partial charge in [0.2, 0.25) is 0 Å². The van der Waals surface area contributed by atoms with Gasteiger partial charge in [0.25, 0.3) is 0 Å². The minimum Gasteiger partial charge on any atom is -0.391 e. The second-order valence-corrected chi connectivity index (χ2v) is 5.80. The van der Waals surface area contributed by atoms with Crippen LogP contribution >= 0.6 is 11.6 Å². The Morgan fingerprint density at radius 1 is 1.50 bits per heavy atom. The maximum atomic E-state index is 9.73. The summed E-state index contributed by atoms with van der Waals surface area (Å²) in [6.07, 6.45) is 0.473. The number of nitrogens with zero attached hydrogens (tertiary/aromatic N) is 2. The molecular formula is C15H18ClN3O. The van der Waals surface area contributed by atoms with Gasteiger partial charge in [0, 0.05) is 30.1 Å². The highest BCUT2D eigenvalue weighted by molar-refractivity contribution is 6.35. The first-order chi connectivity index (χ1) is 9.56. The lowest BCUT2D eigenvalue weighted by Crippen LogP contribution is -2.25. The topological polar surface area (TPSA) is 62.4 Å². The molecule has 1 fully saturated rings. The van der Waals surface area contributed by atoms with Gasteiger partial charge < -0.3 is 15.7 Å². The fourth-order valence-corrected chi connectivity index (χ4v) is 2.92. The molecule has 5 heteroatoms. The third kappa shape index (κ3) is 2.35. The molecule has 1 aliphatic rings. The first-order valence-electron chi connectivity index (χ1n) is 6.84. The molecule has 1 aliphatic heterocycles. The van der Waals surface area contributed by atoms with Crippen LogP contribution in [0.3, 0.4) is 0 Å². The van der Waals surface area contributed by atoms with E-state index in [1.807, 2.05) is 25.1 Å². The van der Waals surface area contributed by atoms with E-state index in [0.29, 0.717) is 11.6 Å². The van der Waals surface area contributed by atoms with Gasteiger partial charge in [-0.15, -0.1) is 0 Å². The first kappa shape index (κ1) is 13.6. The van der Waals surface area contributed by atoms with E-state index in [1.54, 1.807) is 0 Å². The number of halogens is 1. The number of aliphatic hydroxyl groups excluding tert-OH is 1. The van der Waals surface area contributed by atoms with E-state index in [1.165, 1.54) is 0 Å². The number of fused-ring (bicyclic) bond motifs is 1. The highest BCUT2D eigenvalue weighted by Crippen LogP contribution is 2.32. The summed E-state index contributed by atoms with van der Waals surface area (Å²) >= 11 is 6.23. The molecular weight excluding hydrogens is 274 g/mol. The summed E-state index contributed by atoms with van der Waals surface area (Å²) in [5, 5.41) is 11.4. The van der Waals surface area contributed by atoms with Gasteiger partial charge in [-0.3, -0.25) is 0 Å². The van der Waals surface area contributed by atoms with E-state index in [9.17, 15) is 5.11 Å². The van der Waals surface area contributed by atoms with Crippen molar-refractivity contribution < 1.29 is 5.11 Å². The van der Waals surface area contributed by atoms with E-state index in [0.717, 1.165) is 35.2 Å². The van der Waals surface area contributed by atoms with Crippen molar-refractivity contribution in [2.24, 2.45) is 5.73 Å². The van der Waals surface area contributed by atoms with Crippen LogP contribution in [-0.4, -0.2) is 29.3 Å². The number of benzene rings is 1. The van der Waals surface area contributed by atoms with Gasteiger partial charge in [0.1, 0.15) is 5.82 Å². The van der Waals surface area contributed by atoms with Crippen molar-refractivity contribution in [2.45, 2.75) is 25.5 Å². The molecule has 2 heterocycles. The molecule has 3 N–H and O–H groups in total. The molecule has 2 aromatic rings. The SMILES string of the molecule is C[C@H](N)c1cc2cccc(Cl)c2nc1N1CCC(O)C1. The van der Waals surface area contributed by atoms with Gasteiger partial charge in [-0.2, -0.15) is 0 Å². The Kier molecular flexibility index (Phi) is 3.54. The maximum absolute atomic E-state index is 9.73. The lowest BCUT2D eigenvalue weighted by molar-refractivity contribution is 0.198. The second kappa shape index (κ2) is 5.20. The van der Waals surface area contributed by atoms with Crippen LogP contribution in [0.15, 0.2) is 24.3 Å². The number of hydrogen-bond acceptors (Lipinski definition) is 4. The van der Waals surface area contributed by atoms with Crippen LogP contribution < -0.4 is 10.6 Å². The highest BCUT2D eigenvalue weighted by Gasteiger charge is 2.25. The zero-order valence-electron chi connectivity index (χ0n) is 11.4. The largest absolute Gasteiger partial charge is 0.391 e. The number of pyridine rings is 1. The number of aliphatic hydroxyl groups is 1. The van der Waals surface area contributed by atoms with Crippen LogP contribution in [0.4, 0.5) is 5.82 Å². The Bertz CT molecular complexity index is 644. The molecule has 3 rings (SSSR count). The molecule has 0 radical (unpaired) electrons. The summed E-state index contributed by atoms with van der Waals surface area (Å²) in [6.45, 7) is 3.34. The van der Waals surface area contributed by atoms with Gasteiger partial charge in [-0.25, -0.2) is 4.98 Å². The zero-order valence-corrected chi connectivity index (χ0v) is 12.1.